The van der Waals surface area contributed by atoms with Gasteiger partial charge in [-0.25, -0.2) is 9.98 Å². The number of benzene rings is 2. The van der Waals surface area contributed by atoms with Gasteiger partial charge in [0.25, 0.3) is 11.8 Å². The Bertz CT molecular complexity index is 1380. The number of aryl methyl sites for hydroxylation is 2. The maximum Gasteiger partial charge on any atom is 0.417 e. The Morgan fingerprint density at radius 3 is 2.51 bits per heavy atom. The lowest BCUT2D eigenvalue weighted by Gasteiger charge is -2.14. The first-order valence-corrected chi connectivity index (χ1v) is 11.2. The molecule has 0 saturated heterocycles. The smallest absolute Gasteiger partial charge is 0.417 e. The van der Waals surface area contributed by atoms with E-state index in [2.05, 4.69) is 20.6 Å². The molecule has 1 heterocycles. The molecule has 3 rings (SSSR count). The predicted molar refractivity (Wildman–Crippen MR) is 133 cm³/mol. The van der Waals surface area contributed by atoms with E-state index in [1.807, 2.05) is 0 Å². The second-order valence-corrected chi connectivity index (χ2v) is 8.24. The normalized spacial score (nSPS) is 11.7. The first-order chi connectivity index (χ1) is 17.4. The number of aliphatic hydroxyl groups is 1. The van der Waals surface area contributed by atoms with Crippen LogP contribution in [0.4, 0.5) is 24.5 Å². The number of halogens is 4. The zero-order valence-corrected chi connectivity index (χ0v) is 20.7. The molecule has 0 spiro atoms. The maximum atomic E-state index is 13.1. The highest BCUT2D eigenvalue weighted by atomic mass is 35.5. The SMILES string of the molecule is CC(=Nc1ccc(Oc2cc(NC(=O)c3cccc(C(F)(F)F)c3Cl)ccc2C)nc1C)NC(=O)CO. The number of pyridine rings is 1. The minimum absolute atomic E-state index is 0.223. The van der Waals surface area contributed by atoms with Gasteiger partial charge in [0, 0.05) is 17.8 Å². The van der Waals surface area contributed by atoms with Gasteiger partial charge < -0.3 is 20.5 Å². The van der Waals surface area contributed by atoms with E-state index in [0.29, 0.717) is 22.7 Å². The number of alkyl halides is 3. The molecule has 37 heavy (non-hydrogen) atoms. The van der Waals surface area contributed by atoms with Crippen LogP contribution < -0.4 is 15.4 Å². The monoisotopic (exact) mass is 534 g/mol. The summed E-state index contributed by atoms with van der Waals surface area (Å²) in [4.78, 5) is 32.5. The van der Waals surface area contributed by atoms with Crippen molar-refractivity contribution in [1.29, 1.82) is 0 Å². The van der Waals surface area contributed by atoms with Gasteiger partial charge in [0.05, 0.1) is 27.5 Å². The van der Waals surface area contributed by atoms with E-state index in [1.54, 1.807) is 45.0 Å². The largest absolute Gasteiger partial charge is 0.439 e. The molecule has 3 aromatic rings. The van der Waals surface area contributed by atoms with Crippen LogP contribution in [0, 0.1) is 13.8 Å². The molecule has 0 bridgehead atoms. The summed E-state index contributed by atoms with van der Waals surface area (Å²) in [5.41, 5.74) is 0.523. The Hall–Kier alpha value is -3.96. The van der Waals surface area contributed by atoms with Crippen LogP contribution in [0.3, 0.4) is 0 Å². The number of hydrogen-bond donors (Lipinski definition) is 3. The highest BCUT2D eigenvalue weighted by Gasteiger charge is 2.34. The fourth-order valence-electron chi connectivity index (χ4n) is 3.18. The number of rotatable bonds is 6. The number of nitrogens with zero attached hydrogens (tertiary/aromatic N) is 2. The summed E-state index contributed by atoms with van der Waals surface area (Å²) in [6.45, 7) is 4.36. The number of amides is 2. The van der Waals surface area contributed by atoms with E-state index >= 15 is 0 Å². The summed E-state index contributed by atoms with van der Waals surface area (Å²) >= 11 is 5.85. The molecule has 0 fully saturated rings. The molecule has 2 aromatic carbocycles. The molecule has 0 aliphatic heterocycles. The summed E-state index contributed by atoms with van der Waals surface area (Å²) in [5, 5.41) is 13.1. The molecule has 0 unspecified atom stereocenters. The van der Waals surface area contributed by atoms with Crippen molar-refractivity contribution in [2.45, 2.75) is 26.9 Å². The fourth-order valence-corrected chi connectivity index (χ4v) is 3.50. The van der Waals surface area contributed by atoms with Crippen molar-refractivity contribution in [1.82, 2.24) is 10.3 Å². The molecule has 194 valence electrons. The third-order valence-electron chi connectivity index (χ3n) is 4.99. The molecule has 0 aliphatic carbocycles. The zero-order valence-electron chi connectivity index (χ0n) is 19.9. The van der Waals surface area contributed by atoms with Gasteiger partial charge in [-0.1, -0.05) is 23.7 Å². The lowest BCUT2D eigenvalue weighted by Crippen LogP contribution is -2.30. The van der Waals surface area contributed by atoms with Gasteiger partial charge in [0.1, 0.15) is 18.2 Å². The number of ether oxygens (including phenoxy) is 1. The van der Waals surface area contributed by atoms with E-state index in [0.717, 1.165) is 12.1 Å². The quantitative estimate of drug-likeness (QED) is 0.282. The average Bonchev–Trinajstić information content (AvgIpc) is 2.82. The number of hydrogen-bond acceptors (Lipinski definition) is 6. The van der Waals surface area contributed by atoms with Crippen LogP contribution in [0.2, 0.25) is 5.02 Å². The standard InChI is InChI=1S/C25H22ClF3N4O4/c1-13-7-8-16(33-24(36)17-5-4-6-18(23(17)26)25(27,28)29)11-20(13)37-22-10-9-19(14(2)30-22)31-15(3)32-21(35)12-34/h4-11,34H,12H2,1-3H3,(H,33,36)(H,31,32,35). The summed E-state index contributed by atoms with van der Waals surface area (Å²) in [7, 11) is 0. The van der Waals surface area contributed by atoms with E-state index in [4.69, 9.17) is 21.4 Å². The molecule has 0 atom stereocenters. The maximum absolute atomic E-state index is 13.1. The topological polar surface area (TPSA) is 113 Å². The van der Waals surface area contributed by atoms with Crippen LogP contribution in [0.1, 0.15) is 34.1 Å². The number of aliphatic imine (C=N–C) groups is 1. The van der Waals surface area contributed by atoms with Crippen LogP contribution in [-0.4, -0.2) is 34.3 Å². The minimum atomic E-state index is -4.70. The molecular weight excluding hydrogens is 513 g/mol. The molecule has 0 saturated carbocycles. The second kappa shape index (κ2) is 11.4. The lowest BCUT2D eigenvalue weighted by atomic mass is 10.1. The average molecular weight is 535 g/mol. The van der Waals surface area contributed by atoms with Crippen LogP contribution in [0.5, 0.6) is 11.6 Å². The molecule has 3 N–H and O–H groups in total. The third-order valence-corrected chi connectivity index (χ3v) is 5.40. The Labute approximate surface area is 215 Å². The zero-order chi connectivity index (χ0) is 27.3. The first kappa shape index (κ1) is 27.6. The van der Waals surface area contributed by atoms with Gasteiger partial charge in [-0.3, -0.25) is 9.59 Å². The van der Waals surface area contributed by atoms with Crippen molar-refractivity contribution < 1.29 is 32.6 Å². The Morgan fingerprint density at radius 2 is 1.86 bits per heavy atom. The second-order valence-electron chi connectivity index (χ2n) is 7.86. The molecular formula is C25H22ClF3N4O4. The Balaban J connectivity index is 1.79. The van der Waals surface area contributed by atoms with Gasteiger partial charge in [-0.15, -0.1) is 0 Å². The summed E-state index contributed by atoms with van der Waals surface area (Å²) in [6.07, 6.45) is -4.70. The summed E-state index contributed by atoms with van der Waals surface area (Å²) in [6, 6.07) is 11.0. The first-order valence-electron chi connectivity index (χ1n) is 10.8. The van der Waals surface area contributed by atoms with Crippen molar-refractivity contribution in [3.8, 4) is 11.6 Å². The van der Waals surface area contributed by atoms with Gasteiger partial charge in [-0.05, 0) is 50.6 Å². The number of carbonyl (C=O) groups excluding carboxylic acids is 2. The van der Waals surface area contributed by atoms with Crippen LogP contribution in [0.15, 0.2) is 53.5 Å². The summed E-state index contributed by atoms with van der Waals surface area (Å²) < 4.78 is 45.3. The highest BCUT2D eigenvalue weighted by molar-refractivity contribution is 6.35. The van der Waals surface area contributed by atoms with Gasteiger partial charge >= 0.3 is 6.18 Å². The van der Waals surface area contributed by atoms with Gasteiger partial charge in [0.15, 0.2) is 0 Å². The molecule has 1 aromatic heterocycles. The molecule has 12 heteroatoms. The van der Waals surface area contributed by atoms with Crippen molar-refractivity contribution in [2.75, 3.05) is 11.9 Å². The predicted octanol–water partition coefficient (Wildman–Crippen LogP) is 5.57. The van der Waals surface area contributed by atoms with Crippen molar-refractivity contribution in [3.63, 3.8) is 0 Å². The fraction of sp³-hybridized carbons (Fsp3) is 0.200. The number of aromatic nitrogens is 1. The van der Waals surface area contributed by atoms with Crippen LogP contribution in [-0.2, 0) is 11.0 Å². The molecule has 8 nitrogen and oxygen atoms in total. The minimum Gasteiger partial charge on any atom is -0.439 e. The summed E-state index contributed by atoms with van der Waals surface area (Å²) in [5.74, 6) is -0.559. The lowest BCUT2D eigenvalue weighted by molar-refractivity contribution is -0.137. The molecule has 0 radical (unpaired) electrons. The van der Waals surface area contributed by atoms with Crippen molar-refractivity contribution >= 4 is 40.6 Å². The van der Waals surface area contributed by atoms with Gasteiger partial charge in [-0.2, -0.15) is 13.2 Å². The van der Waals surface area contributed by atoms with E-state index in [1.165, 1.54) is 12.1 Å². The molecule has 2 amide bonds. The van der Waals surface area contributed by atoms with Gasteiger partial charge in [0.2, 0.25) is 5.88 Å². The molecule has 0 aliphatic rings. The Morgan fingerprint density at radius 1 is 1.14 bits per heavy atom. The Kier molecular flexibility index (Phi) is 8.51. The number of anilines is 1. The van der Waals surface area contributed by atoms with Crippen molar-refractivity contribution in [3.05, 3.63) is 75.9 Å². The highest BCUT2D eigenvalue weighted by Crippen LogP contribution is 2.36. The van der Waals surface area contributed by atoms with Crippen LogP contribution >= 0.6 is 11.6 Å². The number of nitrogens with one attached hydrogen (secondary N) is 2. The van der Waals surface area contributed by atoms with E-state index in [9.17, 15) is 22.8 Å². The van der Waals surface area contributed by atoms with Crippen molar-refractivity contribution in [2.24, 2.45) is 4.99 Å². The number of aliphatic hydroxyl groups excluding tert-OH is 1. The third kappa shape index (κ3) is 7.05. The van der Waals surface area contributed by atoms with Crippen LogP contribution in [0.25, 0.3) is 0 Å². The number of amidine groups is 1. The van der Waals surface area contributed by atoms with E-state index < -0.39 is 35.2 Å². The number of carbonyl (C=O) groups is 2. The van der Waals surface area contributed by atoms with E-state index in [-0.39, 0.29) is 23.0 Å².